The molecule has 0 heteroatoms. The van der Waals surface area contributed by atoms with Crippen LogP contribution in [0.4, 0.5) is 0 Å². The van der Waals surface area contributed by atoms with Gasteiger partial charge in [-0.1, -0.05) is 140 Å². The van der Waals surface area contributed by atoms with Gasteiger partial charge in [-0.25, -0.2) is 0 Å². The summed E-state index contributed by atoms with van der Waals surface area (Å²) in [6.45, 7) is 0. The van der Waals surface area contributed by atoms with E-state index in [1.807, 2.05) is 0 Å². The molecular formula is C32H28. The summed E-state index contributed by atoms with van der Waals surface area (Å²) >= 11 is 0. The Morgan fingerprint density at radius 3 is 1.84 bits per heavy atom. The van der Waals surface area contributed by atoms with Gasteiger partial charge in [0.1, 0.15) is 0 Å². The molecule has 2 atom stereocenters. The van der Waals surface area contributed by atoms with Crippen LogP contribution in [0.5, 0.6) is 0 Å². The van der Waals surface area contributed by atoms with Gasteiger partial charge in [0, 0.05) is 11.3 Å². The average Bonchev–Trinajstić information content (AvgIpc) is 2.89. The molecule has 1 aliphatic rings. The largest absolute Gasteiger partial charge is 0.0724 e. The van der Waals surface area contributed by atoms with Crippen molar-refractivity contribution in [3.8, 4) is 0 Å². The van der Waals surface area contributed by atoms with E-state index in [1.165, 1.54) is 27.8 Å². The van der Waals surface area contributed by atoms with Crippen molar-refractivity contribution in [3.05, 3.63) is 156 Å². The molecule has 0 bridgehead atoms. The Kier molecular flexibility index (Phi) is 5.85. The maximum absolute atomic E-state index is 2.52. The van der Waals surface area contributed by atoms with E-state index in [4.69, 9.17) is 0 Å². The summed E-state index contributed by atoms with van der Waals surface area (Å²) in [6, 6.07) is 43.6. The Morgan fingerprint density at radius 1 is 0.625 bits per heavy atom. The zero-order valence-electron chi connectivity index (χ0n) is 18.3. The highest BCUT2D eigenvalue weighted by molar-refractivity contribution is 5.70. The van der Waals surface area contributed by atoms with Crippen LogP contribution in [0.25, 0.3) is 11.6 Å². The lowest BCUT2D eigenvalue weighted by molar-refractivity contribution is 0.436. The molecule has 2 unspecified atom stereocenters. The molecule has 5 rings (SSSR count). The van der Waals surface area contributed by atoms with Crippen LogP contribution in [-0.4, -0.2) is 0 Å². The van der Waals surface area contributed by atoms with E-state index in [2.05, 4.69) is 140 Å². The Bertz CT molecular complexity index is 1190. The number of allylic oxidation sites excluding steroid dienone is 3. The Morgan fingerprint density at radius 2 is 1.19 bits per heavy atom. The third-order valence-corrected chi connectivity index (χ3v) is 6.72. The van der Waals surface area contributed by atoms with Crippen LogP contribution < -0.4 is 0 Å². The lowest BCUT2D eigenvalue weighted by Gasteiger charge is -2.42. The van der Waals surface area contributed by atoms with Crippen molar-refractivity contribution >= 4 is 11.6 Å². The van der Waals surface area contributed by atoms with Gasteiger partial charge in [-0.2, -0.15) is 0 Å². The van der Waals surface area contributed by atoms with E-state index in [-0.39, 0.29) is 11.3 Å². The summed E-state index contributed by atoms with van der Waals surface area (Å²) in [6.07, 6.45) is 9.43. The highest BCUT2D eigenvalue weighted by Gasteiger charge is 2.40. The molecule has 0 saturated carbocycles. The van der Waals surface area contributed by atoms with Crippen LogP contribution in [0.2, 0.25) is 0 Å². The molecule has 0 N–H and O–H groups in total. The predicted octanol–water partition coefficient (Wildman–Crippen LogP) is 8.30. The summed E-state index contributed by atoms with van der Waals surface area (Å²) in [5.41, 5.74) is 6.66. The molecule has 1 aliphatic carbocycles. The van der Waals surface area contributed by atoms with E-state index >= 15 is 0 Å². The standard InChI is InChI=1S/C32H28/c1-5-13-26(14-6-1)21-23-32(30-19-11-4-12-20-30)24-22-29(27-15-7-2-8-16-27)25-31(32)28-17-9-3-10-18-28/h1-21,23,25,31H,22,24H2. The van der Waals surface area contributed by atoms with Gasteiger partial charge in [-0.3, -0.25) is 0 Å². The van der Waals surface area contributed by atoms with Crippen LogP contribution in [0.15, 0.2) is 133 Å². The van der Waals surface area contributed by atoms with Crippen molar-refractivity contribution in [2.24, 2.45) is 0 Å². The van der Waals surface area contributed by atoms with Gasteiger partial charge in [0.2, 0.25) is 0 Å². The monoisotopic (exact) mass is 412 g/mol. The second-order valence-electron chi connectivity index (χ2n) is 8.60. The third-order valence-electron chi connectivity index (χ3n) is 6.72. The number of rotatable bonds is 5. The second-order valence-corrected chi connectivity index (χ2v) is 8.60. The van der Waals surface area contributed by atoms with Gasteiger partial charge in [0.25, 0.3) is 0 Å². The molecule has 0 radical (unpaired) electrons. The molecule has 0 saturated heterocycles. The third kappa shape index (κ3) is 4.09. The molecule has 32 heavy (non-hydrogen) atoms. The Hall–Kier alpha value is -3.64. The Labute approximate surface area is 191 Å². The summed E-state index contributed by atoms with van der Waals surface area (Å²) in [5.74, 6) is 0.259. The lowest BCUT2D eigenvalue weighted by atomic mass is 9.61. The molecule has 0 spiro atoms. The van der Waals surface area contributed by atoms with Crippen LogP contribution in [0.1, 0.15) is 41.0 Å². The van der Waals surface area contributed by atoms with Gasteiger partial charge in [-0.15, -0.1) is 0 Å². The summed E-state index contributed by atoms with van der Waals surface area (Å²) < 4.78 is 0. The minimum atomic E-state index is -0.100. The fraction of sp³-hybridized carbons (Fsp3) is 0.125. The van der Waals surface area contributed by atoms with Crippen molar-refractivity contribution in [1.29, 1.82) is 0 Å². The van der Waals surface area contributed by atoms with Gasteiger partial charge >= 0.3 is 0 Å². The normalized spacial score (nSPS) is 20.8. The summed E-state index contributed by atoms with van der Waals surface area (Å²) in [5, 5.41) is 0. The molecule has 4 aromatic carbocycles. The maximum Gasteiger partial charge on any atom is 0.0242 e. The lowest BCUT2D eigenvalue weighted by Crippen LogP contribution is -2.33. The first-order valence-electron chi connectivity index (χ1n) is 11.5. The Balaban J connectivity index is 1.69. The van der Waals surface area contributed by atoms with Crippen LogP contribution in [0.3, 0.4) is 0 Å². The van der Waals surface area contributed by atoms with Crippen LogP contribution in [-0.2, 0) is 5.41 Å². The fourth-order valence-electron chi connectivity index (χ4n) is 5.04. The smallest absolute Gasteiger partial charge is 0.0242 e. The first-order valence-corrected chi connectivity index (χ1v) is 11.5. The molecule has 0 aromatic heterocycles. The predicted molar refractivity (Wildman–Crippen MR) is 136 cm³/mol. The van der Waals surface area contributed by atoms with E-state index in [0.29, 0.717) is 0 Å². The van der Waals surface area contributed by atoms with Gasteiger partial charge in [0.05, 0.1) is 0 Å². The highest BCUT2D eigenvalue weighted by Crippen LogP contribution is 2.51. The number of hydrogen-bond acceptors (Lipinski definition) is 0. The molecule has 0 fully saturated rings. The summed E-state index contributed by atoms with van der Waals surface area (Å²) in [7, 11) is 0. The molecular weight excluding hydrogens is 384 g/mol. The van der Waals surface area contributed by atoms with Crippen molar-refractivity contribution in [2.75, 3.05) is 0 Å². The first kappa shape index (κ1) is 20.3. The first-order chi connectivity index (χ1) is 15.9. The SMILES string of the molecule is C(=CC1(c2ccccc2)CCC(c2ccccc2)=CC1c1ccccc1)c1ccccc1. The van der Waals surface area contributed by atoms with Crippen molar-refractivity contribution in [2.45, 2.75) is 24.2 Å². The van der Waals surface area contributed by atoms with Gasteiger partial charge in [-0.05, 0) is 40.7 Å². The topological polar surface area (TPSA) is 0 Å². The van der Waals surface area contributed by atoms with Crippen LogP contribution in [0, 0.1) is 0 Å². The average molecular weight is 413 g/mol. The fourth-order valence-corrected chi connectivity index (χ4v) is 5.04. The molecule has 4 aromatic rings. The van der Waals surface area contributed by atoms with E-state index in [0.717, 1.165) is 12.8 Å². The molecule has 0 aliphatic heterocycles. The second kappa shape index (κ2) is 9.24. The van der Waals surface area contributed by atoms with E-state index < -0.39 is 0 Å². The number of benzene rings is 4. The minimum absolute atomic E-state index is 0.100. The molecule has 156 valence electrons. The van der Waals surface area contributed by atoms with Crippen molar-refractivity contribution < 1.29 is 0 Å². The number of hydrogen-bond donors (Lipinski definition) is 0. The van der Waals surface area contributed by atoms with Crippen LogP contribution >= 0.6 is 0 Å². The maximum atomic E-state index is 2.52. The van der Waals surface area contributed by atoms with Crippen molar-refractivity contribution in [3.63, 3.8) is 0 Å². The van der Waals surface area contributed by atoms with Crippen molar-refractivity contribution in [1.82, 2.24) is 0 Å². The zero-order chi connectivity index (χ0) is 21.6. The molecule has 0 heterocycles. The van der Waals surface area contributed by atoms with E-state index in [1.54, 1.807) is 0 Å². The molecule has 0 nitrogen and oxygen atoms in total. The van der Waals surface area contributed by atoms with Gasteiger partial charge in [0.15, 0.2) is 0 Å². The van der Waals surface area contributed by atoms with Gasteiger partial charge < -0.3 is 0 Å². The van der Waals surface area contributed by atoms with E-state index in [9.17, 15) is 0 Å². The molecule has 0 amide bonds. The minimum Gasteiger partial charge on any atom is -0.0724 e. The highest BCUT2D eigenvalue weighted by atomic mass is 14.4. The summed E-state index contributed by atoms with van der Waals surface area (Å²) in [4.78, 5) is 0. The zero-order valence-corrected chi connectivity index (χ0v) is 18.3. The quantitative estimate of drug-likeness (QED) is 0.309.